The summed E-state index contributed by atoms with van der Waals surface area (Å²) in [5, 5.41) is 28.8. The highest BCUT2D eigenvalue weighted by Crippen LogP contribution is 2.11. The first-order chi connectivity index (χ1) is 8.93. The normalized spacial score (nSPS) is 15.9. The summed E-state index contributed by atoms with van der Waals surface area (Å²) < 4.78 is 4.88. The highest BCUT2D eigenvalue weighted by Gasteiger charge is 2.32. The Kier molecular flexibility index (Phi) is 5.95. The van der Waals surface area contributed by atoms with E-state index in [-0.39, 0.29) is 12.5 Å². The van der Waals surface area contributed by atoms with Crippen molar-refractivity contribution in [3.05, 3.63) is 35.9 Å². The van der Waals surface area contributed by atoms with Crippen LogP contribution >= 0.6 is 0 Å². The van der Waals surface area contributed by atoms with Crippen LogP contribution in [-0.2, 0) is 16.1 Å². The number of carbonyl (C=O) groups excluding carboxylic acids is 1. The Balaban J connectivity index is 2.49. The van der Waals surface area contributed by atoms with Gasteiger partial charge in [0.05, 0.1) is 6.10 Å². The summed E-state index contributed by atoms with van der Waals surface area (Å²) in [6, 6.07) is 8.99. The summed E-state index contributed by atoms with van der Waals surface area (Å²) in [5.41, 5.74) is 0.780. The van der Waals surface area contributed by atoms with E-state index in [1.165, 1.54) is 0 Å². The van der Waals surface area contributed by atoms with Crippen LogP contribution in [0.1, 0.15) is 19.4 Å². The van der Waals surface area contributed by atoms with Gasteiger partial charge in [0, 0.05) is 0 Å². The SMILES string of the molecule is CC(C)C(O)[C@@H](O)[C@H](O)C(=O)OCc1ccccc1. The highest BCUT2D eigenvalue weighted by molar-refractivity contribution is 5.75. The average Bonchev–Trinajstić information content (AvgIpc) is 2.43. The fourth-order valence-corrected chi connectivity index (χ4v) is 1.53. The molecule has 0 aliphatic carbocycles. The average molecular weight is 268 g/mol. The van der Waals surface area contributed by atoms with E-state index in [0.29, 0.717) is 0 Å². The van der Waals surface area contributed by atoms with Gasteiger partial charge in [-0.05, 0) is 11.5 Å². The fraction of sp³-hybridized carbons (Fsp3) is 0.500. The van der Waals surface area contributed by atoms with Gasteiger partial charge in [-0.2, -0.15) is 0 Å². The van der Waals surface area contributed by atoms with E-state index in [1.807, 2.05) is 6.07 Å². The number of aliphatic hydroxyl groups is 3. The molecule has 1 aromatic carbocycles. The number of rotatable bonds is 6. The van der Waals surface area contributed by atoms with E-state index in [4.69, 9.17) is 4.74 Å². The van der Waals surface area contributed by atoms with Crippen LogP contribution < -0.4 is 0 Å². The van der Waals surface area contributed by atoms with Gasteiger partial charge in [0.25, 0.3) is 0 Å². The molecule has 1 aromatic rings. The van der Waals surface area contributed by atoms with Crippen LogP contribution in [0, 0.1) is 5.92 Å². The lowest BCUT2D eigenvalue weighted by Crippen LogP contribution is -2.45. The minimum absolute atomic E-state index is 0.0151. The van der Waals surface area contributed by atoms with Crippen LogP contribution in [0.15, 0.2) is 30.3 Å². The lowest BCUT2D eigenvalue weighted by molar-refractivity contribution is -0.167. The van der Waals surface area contributed by atoms with Crippen molar-refractivity contribution in [2.45, 2.75) is 38.8 Å². The summed E-state index contributed by atoms with van der Waals surface area (Å²) >= 11 is 0. The van der Waals surface area contributed by atoms with Gasteiger partial charge in [-0.25, -0.2) is 4.79 Å². The summed E-state index contributed by atoms with van der Waals surface area (Å²) in [5.74, 6) is -1.22. The van der Waals surface area contributed by atoms with Gasteiger partial charge in [-0.3, -0.25) is 0 Å². The van der Waals surface area contributed by atoms with Crippen molar-refractivity contribution >= 4 is 5.97 Å². The number of ether oxygens (including phenoxy) is 1. The van der Waals surface area contributed by atoms with E-state index in [2.05, 4.69) is 0 Å². The van der Waals surface area contributed by atoms with Crippen molar-refractivity contribution in [2.24, 2.45) is 5.92 Å². The highest BCUT2D eigenvalue weighted by atomic mass is 16.5. The van der Waals surface area contributed by atoms with Crippen LogP contribution in [0.25, 0.3) is 0 Å². The third-order valence-electron chi connectivity index (χ3n) is 2.82. The lowest BCUT2D eigenvalue weighted by Gasteiger charge is -2.24. The molecule has 0 aromatic heterocycles. The molecule has 19 heavy (non-hydrogen) atoms. The second-order valence-corrected chi connectivity index (χ2v) is 4.76. The molecular weight excluding hydrogens is 248 g/mol. The van der Waals surface area contributed by atoms with E-state index >= 15 is 0 Å². The smallest absolute Gasteiger partial charge is 0.338 e. The molecular formula is C14H20O5. The standard InChI is InChI=1S/C14H20O5/c1-9(2)11(15)12(16)13(17)14(18)19-8-10-6-4-3-5-7-10/h3-7,9,11-13,15-17H,8H2,1-2H3/t11?,12-,13+/m1/s1. The topological polar surface area (TPSA) is 87.0 Å². The Labute approximate surface area is 112 Å². The lowest BCUT2D eigenvalue weighted by atomic mass is 9.98. The van der Waals surface area contributed by atoms with Crippen molar-refractivity contribution in [2.75, 3.05) is 0 Å². The maximum absolute atomic E-state index is 11.5. The fourth-order valence-electron chi connectivity index (χ4n) is 1.53. The van der Waals surface area contributed by atoms with Gasteiger partial charge in [-0.15, -0.1) is 0 Å². The van der Waals surface area contributed by atoms with Crippen LogP contribution in [0.5, 0.6) is 0 Å². The first-order valence-electron chi connectivity index (χ1n) is 6.18. The number of hydrogen-bond donors (Lipinski definition) is 3. The van der Waals surface area contributed by atoms with Crippen LogP contribution in [0.4, 0.5) is 0 Å². The van der Waals surface area contributed by atoms with E-state index in [1.54, 1.807) is 38.1 Å². The zero-order valence-corrected chi connectivity index (χ0v) is 11.1. The molecule has 0 bridgehead atoms. The Morgan fingerprint density at radius 2 is 1.68 bits per heavy atom. The minimum Gasteiger partial charge on any atom is -0.459 e. The van der Waals surface area contributed by atoms with Crippen molar-refractivity contribution < 1.29 is 24.9 Å². The molecule has 0 aliphatic heterocycles. The second kappa shape index (κ2) is 7.23. The monoisotopic (exact) mass is 268 g/mol. The molecule has 1 rings (SSSR count). The van der Waals surface area contributed by atoms with Gasteiger partial charge < -0.3 is 20.1 Å². The zero-order chi connectivity index (χ0) is 14.4. The molecule has 0 aliphatic rings. The Hall–Kier alpha value is -1.43. The molecule has 106 valence electrons. The third-order valence-corrected chi connectivity index (χ3v) is 2.82. The predicted molar refractivity (Wildman–Crippen MR) is 69.1 cm³/mol. The molecule has 0 heterocycles. The first kappa shape index (κ1) is 15.6. The maximum atomic E-state index is 11.5. The molecule has 0 saturated heterocycles. The van der Waals surface area contributed by atoms with Gasteiger partial charge in [0.1, 0.15) is 12.7 Å². The first-order valence-corrected chi connectivity index (χ1v) is 6.18. The molecule has 0 spiro atoms. The van der Waals surface area contributed by atoms with Crippen molar-refractivity contribution in [3.8, 4) is 0 Å². The predicted octanol–water partition coefficient (Wildman–Crippen LogP) is 0.468. The Morgan fingerprint density at radius 1 is 1.11 bits per heavy atom. The molecule has 0 fully saturated rings. The maximum Gasteiger partial charge on any atom is 0.338 e. The van der Waals surface area contributed by atoms with Crippen molar-refractivity contribution in [1.82, 2.24) is 0 Å². The summed E-state index contributed by atoms with van der Waals surface area (Å²) in [7, 11) is 0. The van der Waals surface area contributed by atoms with E-state index in [0.717, 1.165) is 5.56 Å². The summed E-state index contributed by atoms with van der Waals surface area (Å²) in [6.07, 6.45) is -4.48. The van der Waals surface area contributed by atoms with Crippen LogP contribution in [-0.4, -0.2) is 39.6 Å². The van der Waals surface area contributed by atoms with E-state index < -0.39 is 24.3 Å². The molecule has 0 amide bonds. The Bertz CT molecular complexity index is 390. The van der Waals surface area contributed by atoms with Crippen molar-refractivity contribution in [1.29, 1.82) is 0 Å². The van der Waals surface area contributed by atoms with Crippen LogP contribution in [0.2, 0.25) is 0 Å². The number of hydrogen-bond acceptors (Lipinski definition) is 5. The molecule has 5 nitrogen and oxygen atoms in total. The van der Waals surface area contributed by atoms with Gasteiger partial charge in [0.15, 0.2) is 6.10 Å². The molecule has 1 unspecified atom stereocenters. The minimum atomic E-state index is -1.75. The molecule has 0 saturated carbocycles. The van der Waals surface area contributed by atoms with Crippen molar-refractivity contribution in [3.63, 3.8) is 0 Å². The number of carbonyl (C=O) groups is 1. The molecule has 0 radical (unpaired) electrons. The quantitative estimate of drug-likeness (QED) is 0.653. The zero-order valence-electron chi connectivity index (χ0n) is 11.1. The summed E-state index contributed by atoms with van der Waals surface area (Å²) in [6.45, 7) is 3.37. The molecule has 3 atom stereocenters. The van der Waals surface area contributed by atoms with Crippen LogP contribution in [0.3, 0.4) is 0 Å². The molecule has 5 heteroatoms. The van der Waals surface area contributed by atoms with Gasteiger partial charge >= 0.3 is 5.97 Å². The number of benzene rings is 1. The number of esters is 1. The third kappa shape index (κ3) is 4.63. The largest absolute Gasteiger partial charge is 0.459 e. The second-order valence-electron chi connectivity index (χ2n) is 4.76. The van der Waals surface area contributed by atoms with Gasteiger partial charge in [0.2, 0.25) is 0 Å². The Morgan fingerprint density at radius 3 is 2.21 bits per heavy atom. The molecule has 3 N–H and O–H groups in total. The summed E-state index contributed by atoms with van der Waals surface area (Å²) in [4.78, 5) is 11.5. The van der Waals surface area contributed by atoms with E-state index in [9.17, 15) is 20.1 Å². The number of aliphatic hydroxyl groups excluding tert-OH is 3. The van der Waals surface area contributed by atoms with Gasteiger partial charge in [-0.1, -0.05) is 44.2 Å².